The zero-order valence-corrected chi connectivity index (χ0v) is 14.7. The van der Waals surface area contributed by atoms with Crippen LogP contribution in [0.15, 0.2) is 36.4 Å². The number of hydrogen-bond acceptors (Lipinski definition) is 4. The zero-order chi connectivity index (χ0) is 19.1. The van der Waals surface area contributed by atoms with Gasteiger partial charge in [0.2, 0.25) is 0 Å². The number of fused-ring (bicyclic) bond motifs is 3. The number of nitrogens with zero attached hydrogens (tertiary/aromatic N) is 3. The lowest BCUT2D eigenvalue weighted by molar-refractivity contribution is 0.0947. The Hall–Kier alpha value is -3.55. The first kappa shape index (κ1) is 16.9. The fraction of sp³-hybridized carbons (Fsp3) is 0.158. The van der Waals surface area contributed by atoms with E-state index in [1.165, 1.54) is 23.1 Å². The van der Waals surface area contributed by atoms with Gasteiger partial charge in [-0.1, -0.05) is 6.07 Å². The Bertz CT molecular complexity index is 1080. The van der Waals surface area contributed by atoms with Crippen molar-refractivity contribution in [2.24, 2.45) is 0 Å². The topological polar surface area (TPSA) is 91.0 Å². The van der Waals surface area contributed by atoms with E-state index < -0.39 is 5.82 Å². The summed E-state index contributed by atoms with van der Waals surface area (Å²) in [5.41, 5.74) is 2.58. The van der Waals surface area contributed by atoms with Crippen LogP contribution in [0.4, 0.5) is 10.2 Å². The van der Waals surface area contributed by atoms with E-state index in [0.717, 1.165) is 5.69 Å². The van der Waals surface area contributed by atoms with E-state index in [4.69, 9.17) is 0 Å². The highest BCUT2D eigenvalue weighted by Crippen LogP contribution is 2.31. The second-order valence-corrected chi connectivity index (χ2v) is 6.30. The Kier molecular flexibility index (Phi) is 3.95. The van der Waals surface area contributed by atoms with Gasteiger partial charge < -0.3 is 5.32 Å². The van der Waals surface area contributed by atoms with Crippen molar-refractivity contribution in [1.82, 2.24) is 20.5 Å². The van der Waals surface area contributed by atoms with Crippen molar-refractivity contribution in [2.75, 3.05) is 11.9 Å². The number of rotatable bonds is 2. The fourth-order valence-electron chi connectivity index (χ4n) is 3.10. The lowest BCUT2D eigenvalue weighted by Gasteiger charge is -2.16. The number of hydrogen-bond donors (Lipinski definition) is 2. The van der Waals surface area contributed by atoms with Crippen LogP contribution < -0.4 is 10.2 Å². The van der Waals surface area contributed by atoms with Gasteiger partial charge in [0.05, 0.1) is 5.69 Å². The van der Waals surface area contributed by atoms with E-state index in [1.807, 2.05) is 19.1 Å². The number of H-pyrrole nitrogens is 1. The summed E-state index contributed by atoms with van der Waals surface area (Å²) in [6.07, 6.45) is 0. The highest BCUT2D eigenvalue weighted by molar-refractivity contribution is 6.07. The fourth-order valence-corrected chi connectivity index (χ4v) is 3.10. The molecule has 136 valence electrons. The van der Waals surface area contributed by atoms with Crippen molar-refractivity contribution in [1.29, 1.82) is 0 Å². The highest BCUT2D eigenvalue weighted by atomic mass is 19.1. The third kappa shape index (κ3) is 2.84. The second kappa shape index (κ2) is 6.31. The van der Waals surface area contributed by atoms with E-state index in [-0.39, 0.29) is 24.1 Å². The molecule has 2 N–H and O–H groups in total. The van der Waals surface area contributed by atoms with E-state index in [0.29, 0.717) is 28.2 Å². The Morgan fingerprint density at radius 2 is 2.04 bits per heavy atom. The van der Waals surface area contributed by atoms with E-state index in [9.17, 15) is 14.0 Å². The standard InChI is InChI=1S/C19H16FN5O2/c1-10-4-3-5-15(22-10)25(2)19(27)17-14-9-21-18(26)12-7-6-11(20)8-13(12)16(14)23-24-17/h3-8H,9H2,1-2H3,(H,21,26)(H,23,24). The van der Waals surface area contributed by atoms with Crippen LogP contribution in [0.2, 0.25) is 0 Å². The molecule has 7 nitrogen and oxygen atoms in total. The van der Waals surface area contributed by atoms with Gasteiger partial charge in [-0.2, -0.15) is 5.10 Å². The minimum atomic E-state index is -0.480. The SMILES string of the molecule is Cc1cccc(N(C)C(=O)c2[nH]nc3c2CNC(=O)c2ccc(F)cc2-3)n1. The number of amides is 2. The Morgan fingerprint density at radius 1 is 1.22 bits per heavy atom. The average molecular weight is 365 g/mol. The number of aromatic amines is 1. The van der Waals surface area contributed by atoms with Crippen LogP contribution in [0.25, 0.3) is 11.3 Å². The molecule has 3 aromatic rings. The highest BCUT2D eigenvalue weighted by Gasteiger charge is 2.29. The molecule has 27 heavy (non-hydrogen) atoms. The Labute approximate surface area is 154 Å². The van der Waals surface area contributed by atoms with Crippen molar-refractivity contribution in [3.8, 4) is 11.3 Å². The average Bonchev–Trinajstić information content (AvgIpc) is 3.03. The molecule has 1 aliphatic heterocycles. The summed E-state index contributed by atoms with van der Waals surface area (Å²) < 4.78 is 13.7. The maximum Gasteiger partial charge on any atom is 0.277 e. The summed E-state index contributed by atoms with van der Waals surface area (Å²) in [6, 6.07) is 9.26. The molecule has 0 radical (unpaired) electrons. The summed E-state index contributed by atoms with van der Waals surface area (Å²) >= 11 is 0. The molecule has 4 rings (SSSR count). The van der Waals surface area contributed by atoms with Crippen LogP contribution in [0.1, 0.15) is 32.1 Å². The van der Waals surface area contributed by atoms with E-state index >= 15 is 0 Å². The minimum Gasteiger partial charge on any atom is -0.348 e. The van der Waals surface area contributed by atoms with Crippen LogP contribution in [0, 0.1) is 12.7 Å². The molecule has 3 heterocycles. The van der Waals surface area contributed by atoms with Crippen LogP contribution in [-0.4, -0.2) is 34.0 Å². The molecular formula is C19H16FN5O2. The Morgan fingerprint density at radius 3 is 2.81 bits per heavy atom. The molecule has 2 aromatic heterocycles. The molecule has 0 aliphatic carbocycles. The van der Waals surface area contributed by atoms with Gasteiger partial charge in [-0.15, -0.1) is 0 Å². The van der Waals surface area contributed by atoms with Crippen LogP contribution in [0.3, 0.4) is 0 Å². The number of aromatic nitrogens is 3. The predicted octanol–water partition coefficient (Wildman–Crippen LogP) is 2.44. The smallest absolute Gasteiger partial charge is 0.277 e. The van der Waals surface area contributed by atoms with Gasteiger partial charge in [-0.05, 0) is 37.3 Å². The molecule has 0 saturated heterocycles. The molecule has 0 unspecified atom stereocenters. The molecule has 2 amide bonds. The molecule has 0 saturated carbocycles. The largest absolute Gasteiger partial charge is 0.348 e. The number of pyridine rings is 1. The van der Waals surface area contributed by atoms with Crippen molar-refractivity contribution in [2.45, 2.75) is 13.5 Å². The van der Waals surface area contributed by atoms with Crippen LogP contribution in [-0.2, 0) is 6.54 Å². The van der Waals surface area contributed by atoms with Crippen LogP contribution in [0.5, 0.6) is 0 Å². The first-order valence-electron chi connectivity index (χ1n) is 8.33. The number of aryl methyl sites for hydroxylation is 1. The normalized spacial score (nSPS) is 12.6. The maximum atomic E-state index is 13.7. The molecule has 1 aliphatic rings. The summed E-state index contributed by atoms with van der Waals surface area (Å²) in [7, 11) is 1.61. The number of nitrogens with one attached hydrogen (secondary N) is 2. The number of carbonyl (C=O) groups excluding carboxylic acids is 2. The molecule has 0 atom stereocenters. The van der Waals surface area contributed by atoms with Gasteiger partial charge in [0.25, 0.3) is 11.8 Å². The maximum absolute atomic E-state index is 13.7. The lowest BCUT2D eigenvalue weighted by Crippen LogP contribution is -2.29. The third-order valence-electron chi connectivity index (χ3n) is 4.51. The number of anilines is 1. The summed E-state index contributed by atoms with van der Waals surface area (Å²) in [4.78, 5) is 31.0. The van der Waals surface area contributed by atoms with Crippen molar-refractivity contribution in [3.05, 3.63) is 64.7 Å². The molecule has 1 aromatic carbocycles. The first-order valence-corrected chi connectivity index (χ1v) is 8.33. The summed E-state index contributed by atoms with van der Waals surface area (Å²) in [5.74, 6) is -0.676. The summed E-state index contributed by atoms with van der Waals surface area (Å²) in [6.45, 7) is 1.95. The zero-order valence-electron chi connectivity index (χ0n) is 14.7. The summed E-state index contributed by atoms with van der Waals surface area (Å²) in [5, 5.41) is 9.68. The van der Waals surface area contributed by atoms with Crippen molar-refractivity contribution < 1.29 is 14.0 Å². The second-order valence-electron chi connectivity index (χ2n) is 6.30. The molecule has 8 heteroatoms. The molecule has 0 bridgehead atoms. The van der Waals surface area contributed by atoms with Gasteiger partial charge in [-0.3, -0.25) is 19.6 Å². The van der Waals surface area contributed by atoms with E-state index in [2.05, 4.69) is 20.5 Å². The first-order chi connectivity index (χ1) is 13.0. The molecule has 0 spiro atoms. The third-order valence-corrected chi connectivity index (χ3v) is 4.51. The lowest BCUT2D eigenvalue weighted by atomic mass is 10.0. The van der Waals surface area contributed by atoms with Crippen LogP contribution >= 0.6 is 0 Å². The van der Waals surface area contributed by atoms with Crippen molar-refractivity contribution >= 4 is 17.6 Å². The van der Waals surface area contributed by atoms with Gasteiger partial charge in [0, 0.05) is 36.0 Å². The van der Waals surface area contributed by atoms with Gasteiger partial charge >= 0.3 is 0 Å². The van der Waals surface area contributed by atoms with Gasteiger partial charge in [0.1, 0.15) is 17.3 Å². The predicted molar refractivity (Wildman–Crippen MR) is 96.9 cm³/mol. The van der Waals surface area contributed by atoms with E-state index in [1.54, 1.807) is 13.1 Å². The number of halogens is 1. The molecular weight excluding hydrogens is 349 g/mol. The quantitative estimate of drug-likeness (QED) is 0.730. The van der Waals surface area contributed by atoms with Crippen molar-refractivity contribution in [3.63, 3.8) is 0 Å². The Balaban J connectivity index is 1.78. The van der Waals surface area contributed by atoms with Gasteiger partial charge in [0.15, 0.2) is 0 Å². The molecule has 0 fully saturated rings. The number of benzene rings is 1. The minimum absolute atomic E-state index is 0.108. The van der Waals surface area contributed by atoms with Gasteiger partial charge in [-0.25, -0.2) is 9.37 Å². The monoisotopic (exact) mass is 365 g/mol. The number of carbonyl (C=O) groups is 2.